The first kappa shape index (κ1) is 11.9. The first-order chi connectivity index (χ1) is 9.31. The van der Waals surface area contributed by atoms with Crippen LogP contribution in [0.2, 0.25) is 0 Å². The van der Waals surface area contributed by atoms with Crippen molar-refractivity contribution in [1.82, 2.24) is 9.97 Å². The molecule has 0 aliphatic heterocycles. The standard InChI is InChI=1S/C16H15N3/c1-2-15-14(10-18-16(19-15)13-7-8-13)12-5-3-11(9-17)4-6-12/h3-6,10,13H,2,7-8H2,1H3. The van der Waals surface area contributed by atoms with Crippen LogP contribution in [0.5, 0.6) is 0 Å². The number of aromatic nitrogens is 2. The molecule has 1 heterocycles. The molecule has 19 heavy (non-hydrogen) atoms. The van der Waals surface area contributed by atoms with Crippen LogP contribution in [0.4, 0.5) is 0 Å². The third-order valence-electron chi connectivity index (χ3n) is 3.49. The second-order valence-electron chi connectivity index (χ2n) is 4.91. The van der Waals surface area contributed by atoms with Crippen LogP contribution in [0.25, 0.3) is 11.1 Å². The van der Waals surface area contributed by atoms with E-state index in [0.717, 1.165) is 29.1 Å². The van der Waals surface area contributed by atoms with Crippen LogP contribution in [-0.2, 0) is 6.42 Å². The molecule has 1 aliphatic carbocycles. The van der Waals surface area contributed by atoms with Crippen molar-refractivity contribution in [1.29, 1.82) is 5.26 Å². The Balaban J connectivity index is 2.00. The molecule has 0 radical (unpaired) electrons. The molecule has 0 atom stereocenters. The van der Waals surface area contributed by atoms with E-state index in [1.54, 1.807) is 0 Å². The number of rotatable bonds is 3. The van der Waals surface area contributed by atoms with Gasteiger partial charge in [0.2, 0.25) is 0 Å². The first-order valence-corrected chi connectivity index (χ1v) is 6.68. The lowest BCUT2D eigenvalue weighted by atomic mass is 10.0. The Bertz CT molecular complexity index is 634. The van der Waals surface area contributed by atoms with E-state index in [4.69, 9.17) is 10.2 Å². The minimum atomic E-state index is 0.584. The van der Waals surface area contributed by atoms with E-state index in [1.165, 1.54) is 12.8 Å². The van der Waals surface area contributed by atoms with Crippen LogP contribution in [0.3, 0.4) is 0 Å². The Morgan fingerprint density at radius 3 is 2.58 bits per heavy atom. The maximum Gasteiger partial charge on any atom is 0.131 e. The fraction of sp³-hybridized carbons (Fsp3) is 0.312. The van der Waals surface area contributed by atoms with E-state index >= 15 is 0 Å². The molecule has 0 spiro atoms. The zero-order valence-corrected chi connectivity index (χ0v) is 10.9. The smallest absolute Gasteiger partial charge is 0.131 e. The summed E-state index contributed by atoms with van der Waals surface area (Å²) in [4.78, 5) is 9.19. The Morgan fingerprint density at radius 2 is 2.00 bits per heavy atom. The van der Waals surface area contributed by atoms with Gasteiger partial charge in [-0.3, -0.25) is 0 Å². The maximum atomic E-state index is 8.83. The van der Waals surface area contributed by atoms with Crippen molar-refractivity contribution in [2.75, 3.05) is 0 Å². The number of aryl methyl sites for hydroxylation is 1. The van der Waals surface area contributed by atoms with Gasteiger partial charge in [-0.25, -0.2) is 9.97 Å². The van der Waals surface area contributed by atoms with Crippen molar-refractivity contribution in [2.45, 2.75) is 32.1 Å². The third kappa shape index (κ3) is 2.34. The van der Waals surface area contributed by atoms with Crippen molar-refractivity contribution in [3.8, 4) is 17.2 Å². The molecule has 1 saturated carbocycles. The number of hydrogen-bond acceptors (Lipinski definition) is 3. The molecule has 2 aromatic rings. The lowest BCUT2D eigenvalue weighted by molar-refractivity contribution is 0.881. The lowest BCUT2D eigenvalue weighted by Crippen LogP contribution is -2.00. The predicted molar refractivity (Wildman–Crippen MR) is 73.5 cm³/mol. The summed E-state index contributed by atoms with van der Waals surface area (Å²) in [7, 11) is 0. The highest BCUT2D eigenvalue weighted by atomic mass is 14.9. The summed E-state index contributed by atoms with van der Waals surface area (Å²) in [5.74, 6) is 1.58. The Labute approximate surface area is 113 Å². The minimum Gasteiger partial charge on any atom is -0.240 e. The molecule has 0 amide bonds. The lowest BCUT2D eigenvalue weighted by Gasteiger charge is -2.08. The van der Waals surface area contributed by atoms with Crippen molar-refractivity contribution in [2.24, 2.45) is 0 Å². The molecular weight excluding hydrogens is 234 g/mol. The summed E-state index contributed by atoms with van der Waals surface area (Å²) in [6.45, 7) is 2.12. The molecule has 0 saturated heterocycles. The molecule has 3 rings (SSSR count). The summed E-state index contributed by atoms with van der Waals surface area (Å²) in [5.41, 5.74) is 3.94. The molecule has 94 valence electrons. The quantitative estimate of drug-likeness (QED) is 0.837. The van der Waals surface area contributed by atoms with Crippen molar-refractivity contribution >= 4 is 0 Å². The van der Waals surface area contributed by atoms with E-state index in [0.29, 0.717) is 11.5 Å². The minimum absolute atomic E-state index is 0.584. The van der Waals surface area contributed by atoms with Gasteiger partial charge in [0, 0.05) is 17.7 Å². The molecule has 1 aromatic carbocycles. The van der Waals surface area contributed by atoms with Gasteiger partial charge in [0.1, 0.15) is 5.82 Å². The Kier molecular flexibility index (Phi) is 3.00. The summed E-state index contributed by atoms with van der Waals surface area (Å²) in [6, 6.07) is 9.74. The SMILES string of the molecule is CCc1nc(C2CC2)ncc1-c1ccc(C#N)cc1. The highest BCUT2D eigenvalue weighted by Crippen LogP contribution is 2.38. The van der Waals surface area contributed by atoms with Crippen LogP contribution >= 0.6 is 0 Å². The Morgan fingerprint density at radius 1 is 1.26 bits per heavy atom. The molecule has 1 aromatic heterocycles. The van der Waals surface area contributed by atoms with E-state index in [-0.39, 0.29) is 0 Å². The summed E-state index contributed by atoms with van der Waals surface area (Å²) in [5, 5.41) is 8.83. The van der Waals surface area contributed by atoms with Gasteiger partial charge in [0.15, 0.2) is 0 Å². The molecule has 0 bridgehead atoms. The summed E-state index contributed by atoms with van der Waals surface area (Å²) >= 11 is 0. The van der Waals surface area contributed by atoms with Gasteiger partial charge in [-0.05, 0) is 37.0 Å². The van der Waals surface area contributed by atoms with Gasteiger partial charge in [-0.1, -0.05) is 19.1 Å². The van der Waals surface area contributed by atoms with Crippen molar-refractivity contribution < 1.29 is 0 Å². The highest BCUT2D eigenvalue weighted by Gasteiger charge is 2.27. The van der Waals surface area contributed by atoms with Gasteiger partial charge in [0.05, 0.1) is 17.3 Å². The van der Waals surface area contributed by atoms with E-state index in [9.17, 15) is 0 Å². The van der Waals surface area contributed by atoms with E-state index in [1.807, 2.05) is 30.5 Å². The van der Waals surface area contributed by atoms with Gasteiger partial charge in [-0.15, -0.1) is 0 Å². The van der Waals surface area contributed by atoms with Crippen LogP contribution in [-0.4, -0.2) is 9.97 Å². The maximum absolute atomic E-state index is 8.83. The first-order valence-electron chi connectivity index (χ1n) is 6.68. The van der Waals surface area contributed by atoms with Crippen LogP contribution < -0.4 is 0 Å². The molecule has 0 unspecified atom stereocenters. The normalized spacial score (nSPS) is 14.1. The van der Waals surface area contributed by atoms with Crippen molar-refractivity contribution in [3.63, 3.8) is 0 Å². The van der Waals surface area contributed by atoms with Gasteiger partial charge < -0.3 is 0 Å². The molecule has 3 heteroatoms. The Hall–Kier alpha value is -2.21. The molecular formula is C16H15N3. The van der Waals surface area contributed by atoms with Crippen molar-refractivity contribution in [3.05, 3.63) is 47.5 Å². The van der Waals surface area contributed by atoms with Gasteiger partial charge in [0.25, 0.3) is 0 Å². The van der Waals surface area contributed by atoms with Crippen LogP contribution in [0.15, 0.2) is 30.5 Å². The number of nitrogens with zero attached hydrogens (tertiary/aromatic N) is 3. The van der Waals surface area contributed by atoms with Gasteiger partial charge >= 0.3 is 0 Å². The molecule has 1 aliphatic rings. The fourth-order valence-electron chi connectivity index (χ4n) is 2.21. The number of nitriles is 1. The second kappa shape index (κ2) is 4.81. The van der Waals surface area contributed by atoms with Crippen LogP contribution in [0, 0.1) is 11.3 Å². The molecule has 3 nitrogen and oxygen atoms in total. The second-order valence-corrected chi connectivity index (χ2v) is 4.91. The average molecular weight is 249 g/mol. The number of benzene rings is 1. The van der Waals surface area contributed by atoms with Crippen LogP contribution in [0.1, 0.15) is 42.8 Å². The monoisotopic (exact) mass is 249 g/mol. The third-order valence-corrected chi connectivity index (χ3v) is 3.49. The summed E-state index contributed by atoms with van der Waals surface area (Å²) in [6.07, 6.45) is 5.27. The zero-order valence-electron chi connectivity index (χ0n) is 10.9. The molecule has 0 N–H and O–H groups in total. The van der Waals surface area contributed by atoms with E-state index < -0.39 is 0 Å². The fourth-order valence-corrected chi connectivity index (χ4v) is 2.21. The number of hydrogen-bond donors (Lipinski definition) is 0. The average Bonchev–Trinajstić information content (AvgIpc) is 3.31. The summed E-state index contributed by atoms with van der Waals surface area (Å²) < 4.78 is 0. The molecule has 1 fully saturated rings. The highest BCUT2D eigenvalue weighted by molar-refractivity contribution is 5.65. The van der Waals surface area contributed by atoms with E-state index in [2.05, 4.69) is 18.0 Å². The van der Waals surface area contributed by atoms with Gasteiger partial charge in [-0.2, -0.15) is 5.26 Å². The predicted octanol–water partition coefficient (Wildman–Crippen LogP) is 3.46. The largest absolute Gasteiger partial charge is 0.240 e. The topological polar surface area (TPSA) is 49.6 Å². The zero-order chi connectivity index (χ0) is 13.2.